The van der Waals surface area contributed by atoms with Crippen LogP contribution in [0.2, 0.25) is 0 Å². The molecule has 0 aromatic heterocycles. The van der Waals surface area contributed by atoms with Gasteiger partial charge in [-0.05, 0) is 13.3 Å². The topological polar surface area (TPSA) is 61.8 Å². The summed E-state index contributed by atoms with van der Waals surface area (Å²) in [5.41, 5.74) is 0. The van der Waals surface area contributed by atoms with Gasteiger partial charge in [-0.15, -0.1) is 0 Å². The number of nitrogens with one attached hydrogen (secondary N) is 1. The number of rotatable bonds is 6. The van der Waals surface area contributed by atoms with Crippen molar-refractivity contribution >= 4 is 6.03 Å². The molecular weight excluding hydrogens is 184 g/mol. The first-order valence-corrected chi connectivity index (χ1v) is 4.99. The summed E-state index contributed by atoms with van der Waals surface area (Å²) in [6.07, 6.45) is 0.906. The van der Waals surface area contributed by atoms with E-state index in [1.165, 1.54) is 0 Å². The predicted molar refractivity (Wildman–Crippen MR) is 52.1 cm³/mol. The van der Waals surface area contributed by atoms with E-state index in [0.717, 1.165) is 26.1 Å². The van der Waals surface area contributed by atoms with Crippen molar-refractivity contribution in [1.82, 2.24) is 10.2 Å². The summed E-state index contributed by atoms with van der Waals surface area (Å²) in [6.45, 7) is 4.61. The molecule has 1 saturated heterocycles. The van der Waals surface area contributed by atoms with Crippen molar-refractivity contribution in [1.29, 1.82) is 0 Å². The van der Waals surface area contributed by atoms with Gasteiger partial charge in [-0.25, -0.2) is 4.79 Å². The zero-order valence-electron chi connectivity index (χ0n) is 8.53. The van der Waals surface area contributed by atoms with Crippen LogP contribution in [0.25, 0.3) is 0 Å². The van der Waals surface area contributed by atoms with E-state index in [-0.39, 0.29) is 18.7 Å². The fourth-order valence-electron chi connectivity index (χ4n) is 1.40. The number of urea groups is 1. The molecule has 82 valence electrons. The van der Waals surface area contributed by atoms with Gasteiger partial charge in [0.1, 0.15) is 0 Å². The number of carbonyl (C=O) groups excluding carboxylic acids is 1. The first-order valence-electron chi connectivity index (χ1n) is 4.99. The van der Waals surface area contributed by atoms with Crippen LogP contribution in [0.3, 0.4) is 0 Å². The van der Waals surface area contributed by atoms with Gasteiger partial charge in [0.2, 0.25) is 0 Å². The third-order valence-corrected chi connectivity index (χ3v) is 2.24. The second-order valence-electron chi connectivity index (χ2n) is 3.41. The highest BCUT2D eigenvalue weighted by Crippen LogP contribution is 2.03. The summed E-state index contributed by atoms with van der Waals surface area (Å²) in [6, 6.07) is 0.0133. The summed E-state index contributed by atoms with van der Waals surface area (Å²) in [7, 11) is 0. The normalized spacial score (nSPS) is 18.4. The highest BCUT2D eigenvalue weighted by Gasteiger charge is 2.19. The van der Waals surface area contributed by atoms with Crippen LogP contribution in [0.4, 0.5) is 4.79 Å². The monoisotopic (exact) mass is 202 g/mol. The number of carbonyl (C=O) groups is 1. The van der Waals surface area contributed by atoms with Crippen LogP contribution in [0.1, 0.15) is 13.3 Å². The van der Waals surface area contributed by atoms with Crippen LogP contribution in [0.15, 0.2) is 0 Å². The molecule has 5 heteroatoms. The summed E-state index contributed by atoms with van der Waals surface area (Å²) in [5.74, 6) is 0. The van der Waals surface area contributed by atoms with Crippen LogP contribution in [-0.2, 0) is 4.74 Å². The van der Waals surface area contributed by atoms with Crippen LogP contribution < -0.4 is 5.32 Å². The van der Waals surface area contributed by atoms with Crippen molar-refractivity contribution in [3.05, 3.63) is 0 Å². The SMILES string of the molecule is CC(CCN1CCNC1=O)OCCO. The van der Waals surface area contributed by atoms with E-state index in [1.54, 1.807) is 4.90 Å². The average molecular weight is 202 g/mol. The van der Waals surface area contributed by atoms with Crippen molar-refractivity contribution in [2.45, 2.75) is 19.4 Å². The maximum Gasteiger partial charge on any atom is 0.317 e. The smallest absolute Gasteiger partial charge is 0.317 e. The molecule has 1 aliphatic rings. The summed E-state index contributed by atoms with van der Waals surface area (Å²) in [5, 5.41) is 11.3. The standard InChI is InChI=1S/C9H18N2O3/c1-8(14-7-6-12)2-4-11-5-3-10-9(11)13/h8,12H,2-7H2,1H3,(H,10,13). The van der Waals surface area contributed by atoms with Crippen LogP contribution in [0, 0.1) is 0 Å². The van der Waals surface area contributed by atoms with Gasteiger partial charge in [-0.2, -0.15) is 0 Å². The first kappa shape index (κ1) is 11.3. The second kappa shape index (κ2) is 5.82. The summed E-state index contributed by atoms with van der Waals surface area (Å²) < 4.78 is 5.28. The van der Waals surface area contributed by atoms with Gasteiger partial charge >= 0.3 is 6.03 Å². The van der Waals surface area contributed by atoms with E-state index in [4.69, 9.17) is 9.84 Å². The maximum atomic E-state index is 11.1. The number of hydrogen-bond acceptors (Lipinski definition) is 3. The number of nitrogens with zero attached hydrogens (tertiary/aromatic N) is 1. The van der Waals surface area contributed by atoms with Crippen molar-refractivity contribution in [2.24, 2.45) is 0 Å². The molecule has 5 nitrogen and oxygen atoms in total. The molecule has 1 aliphatic heterocycles. The largest absolute Gasteiger partial charge is 0.394 e. The molecule has 2 amide bonds. The lowest BCUT2D eigenvalue weighted by molar-refractivity contribution is 0.0316. The Bertz CT molecular complexity index is 187. The van der Waals surface area contributed by atoms with Gasteiger partial charge < -0.3 is 20.1 Å². The molecule has 1 atom stereocenters. The number of amides is 2. The molecule has 0 bridgehead atoms. The van der Waals surface area contributed by atoms with Crippen LogP contribution in [0.5, 0.6) is 0 Å². The Hall–Kier alpha value is -0.810. The molecule has 2 N–H and O–H groups in total. The Morgan fingerprint density at radius 2 is 2.50 bits per heavy atom. The summed E-state index contributed by atoms with van der Waals surface area (Å²) in [4.78, 5) is 12.9. The molecule has 0 aromatic carbocycles. The van der Waals surface area contributed by atoms with E-state index in [1.807, 2.05) is 6.92 Å². The zero-order chi connectivity index (χ0) is 10.4. The average Bonchev–Trinajstić information content (AvgIpc) is 2.58. The van der Waals surface area contributed by atoms with Crippen molar-refractivity contribution in [3.63, 3.8) is 0 Å². The highest BCUT2D eigenvalue weighted by molar-refractivity contribution is 5.76. The van der Waals surface area contributed by atoms with E-state index in [9.17, 15) is 4.79 Å². The Morgan fingerprint density at radius 1 is 1.71 bits per heavy atom. The minimum atomic E-state index is 0.0133. The molecule has 14 heavy (non-hydrogen) atoms. The lowest BCUT2D eigenvalue weighted by Crippen LogP contribution is -2.31. The van der Waals surface area contributed by atoms with Crippen LogP contribution in [-0.4, -0.2) is 55.0 Å². The number of aliphatic hydroxyl groups excluding tert-OH is 1. The third kappa shape index (κ3) is 3.51. The van der Waals surface area contributed by atoms with Gasteiger partial charge in [-0.1, -0.05) is 0 Å². The van der Waals surface area contributed by atoms with Gasteiger partial charge in [0, 0.05) is 19.6 Å². The van der Waals surface area contributed by atoms with Crippen LogP contribution >= 0.6 is 0 Å². The molecular formula is C9H18N2O3. The second-order valence-corrected chi connectivity index (χ2v) is 3.41. The molecule has 0 aromatic rings. The Kier molecular flexibility index (Phi) is 4.69. The predicted octanol–water partition coefficient (Wildman–Crippen LogP) is -0.201. The number of hydrogen-bond donors (Lipinski definition) is 2. The summed E-state index contributed by atoms with van der Waals surface area (Å²) >= 11 is 0. The van der Waals surface area contributed by atoms with Gasteiger partial charge in [0.15, 0.2) is 0 Å². The van der Waals surface area contributed by atoms with Gasteiger partial charge in [0.05, 0.1) is 19.3 Å². The van der Waals surface area contributed by atoms with E-state index < -0.39 is 0 Å². The molecule has 0 aliphatic carbocycles. The van der Waals surface area contributed by atoms with Crippen molar-refractivity contribution in [2.75, 3.05) is 32.8 Å². The fraction of sp³-hybridized carbons (Fsp3) is 0.889. The minimum Gasteiger partial charge on any atom is -0.394 e. The van der Waals surface area contributed by atoms with Crippen molar-refractivity contribution < 1.29 is 14.6 Å². The molecule has 1 fully saturated rings. The fourth-order valence-corrected chi connectivity index (χ4v) is 1.40. The Labute approximate surface area is 84.0 Å². The van der Waals surface area contributed by atoms with E-state index in [0.29, 0.717) is 6.61 Å². The number of ether oxygens (including phenoxy) is 1. The zero-order valence-corrected chi connectivity index (χ0v) is 8.53. The quantitative estimate of drug-likeness (QED) is 0.627. The lowest BCUT2D eigenvalue weighted by Gasteiger charge is -2.17. The number of aliphatic hydroxyl groups is 1. The van der Waals surface area contributed by atoms with E-state index in [2.05, 4.69) is 5.32 Å². The van der Waals surface area contributed by atoms with Crippen molar-refractivity contribution in [3.8, 4) is 0 Å². The molecule has 1 unspecified atom stereocenters. The van der Waals surface area contributed by atoms with Gasteiger partial charge in [-0.3, -0.25) is 0 Å². The Morgan fingerprint density at radius 3 is 3.07 bits per heavy atom. The molecule has 0 radical (unpaired) electrons. The lowest BCUT2D eigenvalue weighted by atomic mass is 10.2. The molecule has 1 heterocycles. The molecule has 1 rings (SSSR count). The first-order chi connectivity index (χ1) is 6.74. The highest BCUT2D eigenvalue weighted by atomic mass is 16.5. The molecule has 0 spiro atoms. The molecule has 0 saturated carbocycles. The maximum absolute atomic E-state index is 11.1. The Balaban J connectivity index is 2.10. The van der Waals surface area contributed by atoms with E-state index >= 15 is 0 Å². The van der Waals surface area contributed by atoms with Gasteiger partial charge in [0.25, 0.3) is 0 Å². The minimum absolute atomic E-state index is 0.0133. The third-order valence-electron chi connectivity index (χ3n) is 2.24.